The third-order valence-electron chi connectivity index (χ3n) is 7.56. The molecule has 2 aliphatic heterocycles. The van der Waals surface area contributed by atoms with Gasteiger partial charge in [0.25, 0.3) is 0 Å². The van der Waals surface area contributed by atoms with Gasteiger partial charge in [-0.05, 0) is 22.6 Å². The molecule has 3 aromatic rings. The molecule has 1 N–H and O–H groups in total. The second kappa shape index (κ2) is 11.7. The maximum atomic E-state index is 14.0. The molecule has 2 saturated heterocycles. The number of carbonyl (C=O) groups excluding carboxylic acids is 3. The fourth-order valence-corrected chi connectivity index (χ4v) is 5.55. The van der Waals surface area contributed by atoms with Gasteiger partial charge in [-0.15, -0.1) is 0 Å². The quantitative estimate of drug-likeness (QED) is 0.506. The molecule has 2 fully saturated rings. The molecule has 8 heteroatoms. The Kier molecular flexibility index (Phi) is 7.93. The first kappa shape index (κ1) is 26.4. The zero-order chi connectivity index (χ0) is 27.4. The summed E-state index contributed by atoms with van der Waals surface area (Å²) in [5.41, 5.74) is 2.86. The highest BCUT2D eigenvalue weighted by Gasteiger charge is 2.51. The van der Waals surface area contributed by atoms with Gasteiger partial charge < -0.3 is 15.1 Å². The van der Waals surface area contributed by atoms with Gasteiger partial charge in [-0.3, -0.25) is 9.59 Å². The standard InChI is InChI=1S/C31H35N5O3/c1-3-34-22-28(37)35-27(36(34)31(39)32-19-24-13-7-4-8-14-24)21-33(20-23(2)25-15-9-5-10-16-25)30(38)29(35)26-17-11-6-12-18-26/h4-18,23,27,29H,3,19-22H2,1-2H3,(H,32,39)/t23?,27-,29-/m0/s1. The van der Waals surface area contributed by atoms with Gasteiger partial charge >= 0.3 is 6.03 Å². The van der Waals surface area contributed by atoms with E-state index in [1.165, 1.54) is 0 Å². The van der Waals surface area contributed by atoms with Crippen molar-refractivity contribution in [1.82, 2.24) is 25.1 Å². The fourth-order valence-electron chi connectivity index (χ4n) is 5.55. The lowest BCUT2D eigenvalue weighted by Gasteiger charge is -2.55. The van der Waals surface area contributed by atoms with Crippen LogP contribution in [0.5, 0.6) is 0 Å². The van der Waals surface area contributed by atoms with Crippen LogP contribution in [0.1, 0.15) is 42.5 Å². The first-order valence-corrected chi connectivity index (χ1v) is 13.5. The minimum Gasteiger partial charge on any atom is -0.336 e. The molecule has 4 amide bonds. The number of hydrazine groups is 1. The number of urea groups is 1. The van der Waals surface area contributed by atoms with E-state index in [9.17, 15) is 14.4 Å². The molecule has 8 nitrogen and oxygen atoms in total. The molecule has 2 aliphatic rings. The molecule has 3 aromatic carbocycles. The molecule has 0 bridgehead atoms. The number of piperazine rings is 1. The molecular formula is C31H35N5O3. The fraction of sp³-hybridized carbons (Fsp3) is 0.323. The van der Waals surface area contributed by atoms with Crippen molar-refractivity contribution in [2.24, 2.45) is 0 Å². The second-order valence-corrected chi connectivity index (χ2v) is 10.1. The van der Waals surface area contributed by atoms with E-state index >= 15 is 0 Å². The number of likely N-dealkylation sites (N-methyl/N-ethyl adjacent to an activating group) is 1. The van der Waals surface area contributed by atoms with Crippen LogP contribution >= 0.6 is 0 Å². The van der Waals surface area contributed by atoms with Gasteiger partial charge in [0.15, 0.2) is 0 Å². The Morgan fingerprint density at radius 1 is 0.923 bits per heavy atom. The zero-order valence-electron chi connectivity index (χ0n) is 22.4. The molecule has 5 rings (SSSR count). The summed E-state index contributed by atoms with van der Waals surface area (Å²) in [7, 11) is 0. The van der Waals surface area contributed by atoms with Crippen molar-refractivity contribution < 1.29 is 14.4 Å². The molecule has 0 saturated carbocycles. The lowest BCUT2D eigenvalue weighted by Crippen LogP contribution is -2.74. The van der Waals surface area contributed by atoms with E-state index in [4.69, 9.17) is 0 Å². The summed E-state index contributed by atoms with van der Waals surface area (Å²) < 4.78 is 0. The third kappa shape index (κ3) is 5.52. The average Bonchev–Trinajstić information content (AvgIpc) is 2.98. The van der Waals surface area contributed by atoms with Crippen LogP contribution in [-0.4, -0.2) is 70.0 Å². The van der Waals surface area contributed by atoms with E-state index in [1.807, 2.05) is 90.7 Å². The van der Waals surface area contributed by atoms with Crippen molar-refractivity contribution in [3.05, 3.63) is 108 Å². The van der Waals surface area contributed by atoms with Gasteiger partial charge in [0.2, 0.25) is 11.8 Å². The summed E-state index contributed by atoms with van der Waals surface area (Å²) in [6, 6.07) is 28.1. The van der Waals surface area contributed by atoms with Crippen LogP contribution in [0.3, 0.4) is 0 Å². The minimum absolute atomic E-state index is 0.0305. The van der Waals surface area contributed by atoms with Crippen LogP contribution in [0.4, 0.5) is 4.79 Å². The Morgan fingerprint density at radius 2 is 1.54 bits per heavy atom. The molecule has 1 unspecified atom stereocenters. The van der Waals surface area contributed by atoms with Gasteiger partial charge in [0.1, 0.15) is 12.2 Å². The number of amides is 4. The predicted molar refractivity (Wildman–Crippen MR) is 149 cm³/mol. The maximum Gasteiger partial charge on any atom is 0.334 e. The van der Waals surface area contributed by atoms with Crippen LogP contribution < -0.4 is 5.32 Å². The summed E-state index contributed by atoms with van der Waals surface area (Å²) in [5.74, 6) is -0.199. The van der Waals surface area contributed by atoms with Crippen molar-refractivity contribution in [3.8, 4) is 0 Å². The van der Waals surface area contributed by atoms with E-state index in [0.717, 1.165) is 16.7 Å². The van der Waals surface area contributed by atoms with Crippen molar-refractivity contribution >= 4 is 17.8 Å². The van der Waals surface area contributed by atoms with Crippen LogP contribution in [0.15, 0.2) is 91.0 Å². The normalized spacial score (nSPS) is 20.5. The number of benzene rings is 3. The Labute approximate surface area is 229 Å². The highest BCUT2D eigenvalue weighted by atomic mass is 16.2. The lowest BCUT2D eigenvalue weighted by molar-refractivity contribution is -0.190. The van der Waals surface area contributed by atoms with Gasteiger partial charge in [0.05, 0.1) is 13.1 Å². The van der Waals surface area contributed by atoms with Crippen molar-refractivity contribution in [1.29, 1.82) is 0 Å². The number of nitrogens with one attached hydrogen (secondary N) is 1. The third-order valence-corrected chi connectivity index (χ3v) is 7.56. The largest absolute Gasteiger partial charge is 0.336 e. The molecule has 0 spiro atoms. The number of nitrogens with zero attached hydrogens (tertiary/aromatic N) is 4. The van der Waals surface area contributed by atoms with Gasteiger partial charge in [-0.25, -0.2) is 14.8 Å². The summed E-state index contributed by atoms with van der Waals surface area (Å²) in [4.78, 5) is 44.8. The van der Waals surface area contributed by atoms with E-state index in [-0.39, 0.29) is 36.9 Å². The average molecular weight is 526 g/mol. The Hall–Kier alpha value is -4.17. The topological polar surface area (TPSA) is 76.2 Å². The van der Waals surface area contributed by atoms with E-state index in [1.54, 1.807) is 14.9 Å². The molecule has 3 atom stereocenters. The van der Waals surface area contributed by atoms with E-state index < -0.39 is 12.2 Å². The molecular weight excluding hydrogens is 490 g/mol. The predicted octanol–water partition coefficient (Wildman–Crippen LogP) is 3.99. The van der Waals surface area contributed by atoms with Crippen LogP contribution in [-0.2, 0) is 16.1 Å². The minimum atomic E-state index is -0.802. The zero-order valence-corrected chi connectivity index (χ0v) is 22.4. The molecule has 202 valence electrons. The summed E-state index contributed by atoms with van der Waals surface area (Å²) in [5, 5.41) is 6.46. The number of hydrogen-bond acceptors (Lipinski definition) is 4. The van der Waals surface area contributed by atoms with Gasteiger partial charge in [-0.2, -0.15) is 0 Å². The SMILES string of the molecule is CCN1CC(=O)N2[C@@H](c3ccccc3)C(=O)N(CC(C)c3ccccc3)C[C@@H]2N1C(=O)NCc1ccccc1. The summed E-state index contributed by atoms with van der Waals surface area (Å²) in [6.45, 7) is 5.63. The highest BCUT2D eigenvalue weighted by molar-refractivity contribution is 5.92. The van der Waals surface area contributed by atoms with Gasteiger partial charge in [0, 0.05) is 19.6 Å². The second-order valence-electron chi connectivity index (χ2n) is 10.1. The first-order chi connectivity index (χ1) is 19.0. The Bertz CT molecular complexity index is 1290. The van der Waals surface area contributed by atoms with Crippen molar-refractivity contribution in [2.75, 3.05) is 26.2 Å². The molecule has 39 heavy (non-hydrogen) atoms. The van der Waals surface area contributed by atoms with E-state index in [2.05, 4.69) is 24.4 Å². The number of carbonyl (C=O) groups is 3. The molecule has 0 aliphatic carbocycles. The van der Waals surface area contributed by atoms with Crippen molar-refractivity contribution in [3.63, 3.8) is 0 Å². The maximum absolute atomic E-state index is 14.0. The van der Waals surface area contributed by atoms with Gasteiger partial charge in [-0.1, -0.05) is 105 Å². The van der Waals surface area contributed by atoms with Crippen LogP contribution in [0, 0.1) is 0 Å². The monoisotopic (exact) mass is 525 g/mol. The molecule has 0 aromatic heterocycles. The smallest absolute Gasteiger partial charge is 0.334 e. The lowest BCUT2D eigenvalue weighted by atomic mass is 9.96. The van der Waals surface area contributed by atoms with Crippen LogP contribution in [0.2, 0.25) is 0 Å². The number of rotatable bonds is 7. The number of hydrogen-bond donors (Lipinski definition) is 1. The summed E-state index contributed by atoms with van der Waals surface area (Å²) in [6.07, 6.45) is -0.632. The first-order valence-electron chi connectivity index (χ1n) is 13.5. The number of fused-ring (bicyclic) bond motifs is 1. The Morgan fingerprint density at radius 3 is 2.18 bits per heavy atom. The molecule has 2 heterocycles. The highest BCUT2D eigenvalue weighted by Crippen LogP contribution is 2.35. The molecule has 0 radical (unpaired) electrons. The summed E-state index contributed by atoms with van der Waals surface area (Å²) >= 11 is 0. The van der Waals surface area contributed by atoms with Crippen LogP contribution in [0.25, 0.3) is 0 Å². The van der Waals surface area contributed by atoms with E-state index in [0.29, 0.717) is 19.6 Å². The Balaban J connectivity index is 1.48. The van der Waals surface area contributed by atoms with Crippen molar-refractivity contribution in [2.45, 2.75) is 38.5 Å².